The van der Waals surface area contributed by atoms with Gasteiger partial charge in [0.2, 0.25) is 0 Å². The van der Waals surface area contributed by atoms with Crippen LogP contribution < -0.4 is 20.5 Å². The number of hydrogen-bond donors (Lipinski definition) is 3. The molecule has 0 aliphatic heterocycles. The van der Waals surface area contributed by atoms with Crippen molar-refractivity contribution in [2.45, 2.75) is 0 Å². The summed E-state index contributed by atoms with van der Waals surface area (Å²) in [5, 5.41) is 21.3. The van der Waals surface area contributed by atoms with Gasteiger partial charge in [0.15, 0.2) is 12.4 Å². The van der Waals surface area contributed by atoms with Crippen molar-refractivity contribution in [1.82, 2.24) is 4.98 Å². The Bertz CT molecular complexity index is 1580. The topological polar surface area (TPSA) is 113 Å². The van der Waals surface area contributed by atoms with Gasteiger partial charge < -0.3 is 16.0 Å². The van der Waals surface area contributed by atoms with Gasteiger partial charge >= 0.3 is 0 Å². The van der Waals surface area contributed by atoms with Crippen LogP contribution in [0.4, 0.5) is 34.1 Å². The number of aryl methyl sites for hydroxylation is 1. The van der Waals surface area contributed by atoms with Crippen LogP contribution in [0, 0.1) is 10.1 Å². The number of nitro groups is 1. The highest BCUT2D eigenvalue weighted by Gasteiger charge is 2.11. The molecule has 0 saturated heterocycles. The van der Waals surface area contributed by atoms with E-state index < -0.39 is 4.92 Å². The number of rotatable bonds is 7. The van der Waals surface area contributed by atoms with Gasteiger partial charge in [-0.2, -0.15) is 0 Å². The minimum absolute atomic E-state index is 0.00590. The number of nitro benzene ring substituents is 1. The molecule has 1 amide bonds. The summed E-state index contributed by atoms with van der Waals surface area (Å²) in [6.07, 6.45) is 5.56. The van der Waals surface area contributed by atoms with Gasteiger partial charge in [-0.15, -0.1) is 0 Å². The van der Waals surface area contributed by atoms with Crippen LogP contribution in [0.15, 0.2) is 104 Å². The van der Waals surface area contributed by atoms with Gasteiger partial charge in [0.05, 0.1) is 16.1 Å². The van der Waals surface area contributed by atoms with E-state index in [0.717, 1.165) is 17.1 Å². The number of anilines is 5. The van der Waals surface area contributed by atoms with E-state index >= 15 is 0 Å². The highest BCUT2D eigenvalue weighted by molar-refractivity contribution is 6.04. The Balaban J connectivity index is 1.24. The Morgan fingerprint density at radius 2 is 1.43 bits per heavy atom. The fourth-order valence-electron chi connectivity index (χ4n) is 3.81. The van der Waals surface area contributed by atoms with E-state index in [9.17, 15) is 14.9 Å². The molecule has 5 aromatic rings. The number of amides is 1. The van der Waals surface area contributed by atoms with Crippen molar-refractivity contribution in [2.24, 2.45) is 7.05 Å². The predicted octanol–water partition coefficient (Wildman–Crippen LogP) is 5.71. The summed E-state index contributed by atoms with van der Waals surface area (Å²) < 4.78 is 1.96. The lowest BCUT2D eigenvalue weighted by atomic mass is 10.1. The van der Waals surface area contributed by atoms with E-state index in [0.29, 0.717) is 27.8 Å². The van der Waals surface area contributed by atoms with E-state index in [1.807, 2.05) is 60.4 Å². The van der Waals surface area contributed by atoms with Crippen molar-refractivity contribution in [3.05, 3.63) is 119 Å². The highest BCUT2D eigenvalue weighted by atomic mass is 16.6. The Hall–Kier alpha value is -5.31. The van der Waals surface area contributed by atoms with Crippen molar-refractivity contribution in [1.29, 1.82) is 0 Å². The number of pyridine rings is 2. The summed E-state index contributed by atoms with van der Waals surface area (Å²) in [4.78, 5) is 27.8. The molecule has 0 atom stereocenters. The first-order valence-corrected chi connectivity index (χ1v) is 11.5. The third kappa shape index (κ3) is 5.51. The molecule has 0 aliphatic carbocycles. The van der Waals surface area contributed by atoms with Gasteiger partial charge in [0.25, 0.3) is 11.6 Å². The Morgan fingerprint density at radius 1 is 0.811 bits per heavy atom. The lowest BCUT2D eigenvalue weighted by molar-refractivity contribution is -0.671. The fourth-order valence-corrected chi connectivity index (χ4v) is 3.81. The minimum Gasteiger partial charge on any atom is -0.355 e. The molecule has 0 radical (unpaired) electrons. The second-order valence-electron chi connectivity index (χ2n) is 8.43. The zero-order valence-corrected chi connectivity index (χ0v) is 19.9. The largest absolute Gasteiger partial charge is 0.355 e. The molecule has 0 aliphatic rings. The molecule has 2 aromatic heterocycles. The van der Waals surface area contributed by atoms with Gasteiger partial charge in [0.1, 0.15) is 7.05 Å². The van der Waals surface area contributed by atoms with Crippen LogP contribution in [0.2, 0.25) is 0 Å². The Labute approximate surface area is 212 Å². The van der Waals surface area contributed by atoms with E-state index in [1.54, 1.807) is 42.6 Å². The third-order valence-electron chi connectivity index (χ3n) is 5.77. The van der Waals surface area contributed by atoms with Crippen molar-refractivity contribution < 1.29 is 14.3 Å². The molecule has 0 spiro atoms. The van der Waals surface area contributed by atoms with E-state index in [2.05, 4.69) is 20.9 Å². The van der Waals surface area contributed by atoms with Crippen molar-refractivity contribution in [2.75, 3.05) is 16.0 Å². The summed E-state index contributed by atoms with van der Waals surface area (Å²) >= 11 is 0. The summed E-state index contributed by atoms with van der Waals surface area (Å²) in [6, 6.07) is 24.7. The molecular weight excluding hydrogens is 468 g/mol. The van der Waals surface area contributed by atoms with Gasteiger partial charge in [-0.25, -0.2) is 4.57 Å². The average molecular weight is 492 g/mol. The number of benzene rings is 3. The van der Waals surface area contributed by atoms with Crippen molar-refractivity contribution in [3.63, 3.8) is 0 Å². The molecule has 3 N–H and O–H groups in total. The molecule has 0 saturated carbocycles. The summed E-state index contributed by atoms with van der Waals surface area (Å²) in [7, 11) is 1.96. The van der Waals surface area contributed by atoms with Crippen LogP contribution >= 0.6 is 0 Å². The quantitative estimate of drug-likeness (QED) is 0.153. The first-order valence-electron chi connectivity index (χ1n) is 11.5. The van der Waals surface area contributed by atoms with Crippen LogP contribution in [0.3, 0.4) is 0 Å². The minimum atomic E-state index is -0.434. The number of aromatic nitrogens is 2. The van der Waals surface area contributed by atoms with Crippen LogP contribution in [-0.2, 0) is 7.05 Å². The number of carbonyl (C=O) groups excluding carboxylic acids is 1. The maximum atomic E-state index is 12.7. The van der Waals surface area contributed by atoms with Crippen molar-refractivity contribution in [3.8, 4) is 0 Å². The van der Waals surface area contributed by atoms with E-state index in [4.69, 9.17) is 0 Å². The van der Waals surface area contributed by atoms with E-state index in [-0.39, 0.29) is 11.6 Å². The number of hydrogen-bond acceptors (Lipinski definition) is 6. The molecule has 0 unspecified atom stereocenters. The van der Waals surface area contributed by atoms with Crippen LogP contribution in [0.5, 0.6) is 0 Å². The Morgan fingerprint density at radius 3 is 2.14 bits per heavy atom. The fraction of sp³-hybridized carbons (Fsp3) is 0.0357. The second kappa shape index (κ2) is 10.1. The molecule has 9 nitrogen and oxygen atoms in total. The molecule has 9 heteroatoms. The maximum absolute atomic E-state index is 12.7. The Kier molecular flexibility index (Phi) is 6.41. The second-order valence-corrected chi connectivity index (χ2v) is 8.43. The van der Waals surface area contributed by atoms with Gasteiger partial charge in [-0.05, 0) is 60.7 Å². The van der Waals surface area contributed by atoms with Gasteiger partial charge in [-0.1, -0.05) is 0 Å². The lowest BCUT2D eigenvalue weighted by Gasteiger charge is -2.11. The van der Waals surface area contributed by atoms with Gasteiger partial charge in [0, 0.05) is 64.2 Å². The number of carbonyl (C=O) groups is 1. The smallest absolute Gasteiger partial charge is 0.270 e. The number of non-ortho nitro benzene ring substituents is 1. The first kappa shape index (κ1) is 23.4. The molecule has 5 rings (SSSR count). The monoisotopic (exact) mass is 491 g/mol. The zero-order valence-electron chi connectivity index (χ0n) is 19.9. The average Bonchev–Trinajstić information content (AvgIpc) is 2.91. The summed E-state index contributed by atoms with van der Waals surface area (Å²) in [5.41, 5.74) is 5.13. The first-order chi connectivity index (χ1) is 17.9. The molecule has 2 heterocycles. The molecule has 0 bridgehead atoms. The number of fused-ring (bicyclic) bond motifs is 1. The van der Waals surface area contributed by atoms with Crippen LogP contribution in [0.25, 0.3) is 10.9 Å². The number of nitrogens with zero attached hydrogens (tertiary/aromatic N) is 3. The van der Waals surface area contributed by atoms with Crippen LogP contribution in [-0.4, -0.2) is 15.8 Å². The van der Waals surface area contributed by atoms with E-state index in [1.165, 1.54) is 12.1 Å². The standard InChI is InChI=1S/C28H22N6O3/c1-33-16-13-23(14-17-33)30-20-6-8-22(9-7-20)32-28(35)19-2-4-21(5-3-19)31-27-12-15-29-26-11-10-24(34(36)37)18-25(26)27/h2-18H,1H3,(H2,29,31,32,35)/p+1. The van der Waals surface area contributed by atoms with Crippen LogP contribution in [0.1, 0.15) is 10.4 Å². The SMILES string of the molecule is C[n+]1ccc(Nc2ccc(NC(=O)c3ccc(Nc4ccnc5ccc([N+](=O)[O-])cc45)cc3)cc2)cc1. The molecule has 0 fully saturated rings. The summed E-state index contributed by atoms with van der Waals surface area (Å²) in [6.45, 7) is 0. The number of nitrogens with one attached hydrogen (secondary N) is 3. The molecule has 37 heavy (non-hydrogen) atoms. The molecule has 182 valence electrons. The lowest BCUT2D eigenvalue weighted by Crippen LogP contribution is -2.25. The highest BCUT2D eigenvalue weighted by Crippen LogP contribution is 2.28. The summed E-state index contributed by atoms with van der Waals surface area (Å²) in [5.74, 6) is -0.229. The molecule has 3 aromatic carbocycles. The van der Waals surface area contributed by atoms with Gasteiger partial charge in [-0.3, -0.25) is 19.9 Å². The normalized spacial score (nSPS) is 10.6. The maximum Gasteiger partial charge on any atom is 0.270 e. The van der Waals surface area contributed by atoms with Crippen molar-refractivity contribution >= 4 is 50.9 Å². The predicted molar refractivity (Wildman–Crippen MR) is 143 cm³/mol. The third-order valence-corrected chi connectivity index (χ3v) is 5.77. The zero-order chi connectivity index (χ0) is 25.8. The molecular formula is C28H23N6O3+.